The number of hydrogen-bond donors (Lipinski definition) is 2. The Labute approximate surface area is 218 Å². The van der Waals surface area contributed by atoms with Crippen LogP contribution < -0.4 is 20.0 Å². The molecule has 0 saturated heterocycles. The number of hydrogen-bond acceptors (Lipinski definition) is 4. The molecule has 0 atom stereocenters. The van der Waals surface area contributed by atoms with E-state index in [0.29, 0.717) is 6.08 Å². The van der Waals surface area contributed by atoms with Gasteiger partial charge < -0.3 is 29.6 Å². The first-order valence-corrected chi connectivity index (χ1v) is 14.5. The summed E-state index contributed by atoms with van der Waals surface area (Å²) in [6.45, 7) is 23.2. The molecule has 0 bridgehead atoms. The first-order chi connectivity index (χ1) is 16.7. The highest BCUT2D eigenvalue weighted by molar-refractivity contribution is 5.92. The average molecular weight is 501 g/mol. The highest BCUT2D eigenvalue weighted by Gasteiger charge is 2.06. The van der Waals surface area contributed by atoms with Gasteiger partial charge in [0, 0.05) is 0 Å². The molecule has 0 unspecified atom stereocenters. The van der Waals surface area contributed by atoms with Crippen molar-refractivity contribution in [2.45, 2.75) is 126 Å². The lowest BCUT2D eigenvalue weighted by atomic mass is 10.2. The van der Waals surface area contributed by atoms with Crippen LogP contribution in [0.15, 0.2) is 11.6 Å². The largest absolute Gasteiger partial charge is 0.545 e. The summed E-state index contributed by atoms with van der Waals surface area (Å²) in [5.74, 6) is -3.03. The Morgan fingerprint density at radius 1 is 0.543 bits per heavy atom. The fourth-order valence-corrected chi connectivity index (χ4v) is 3.55. The Kier molecular flexibility index (Phi) is 33.4. The zero-order chi connectivity index (χ0) is 27.3. The molecular weight excluding hydrogens is 440 g/mol. The molecule has 0 saturated carbocycles. The summed E-state index contributed by atoms with van der Waals surface area (Å²) >= 11 is 0. The second kappa shape index (κ2) is 30.6. The standard InChI is InChI=1S/2C12H27N.C5H6O4/c2*1-4-7-10-13(11-8-5-2)12-9-6-3;1-3(5(8)9)2-4(6)7/h2*4-12H2,1-3H3;2H,1H3,(H,6,7)(H,8,9)/b;;3-2+. The van der Waals surface area contributed by atoms with E-state index in [-0.39, 0.29) is 5.57 Å². The van der Waals surface area contributed by atoms with Crippen molar-refractivity contribution in [3.63, 3.8) is 0 Å². The summed E-state index contributed by atoms with van der Waals surface area (Å²) in [5, 5.41) is 19.4. The van der Waals surface area contributed by atoms with Gasteiger partial charge in [-0.2, -0.15) is 0 Å². The molecule has 2 N–H and O–H groups in total. The number of carboxylic acids is 2. The maximum atomic E-state index is 9.76. The van der Waals surface area contributed by atoms with Gasteiger partial charge in [0.05, 0.1) is 51.2 Å². The van der Waals surface area contributed by atoms with E-state index in [0.717, 1.165) is 6.92 Å². The lowest BCUT2D eigenvalue weighted by molar-refractivity contribution is -0.900. The van der Waals surface area contributed by atoms with Crippen LogP contribution in [0.4, 0.5) is 0 Å². The average Bonchev–Trinajstić information content (AvgIpc) is 2.83. The number of quaternary nitrogens is 2. The van der Waals surface area contributed by atoms with Crippen molar-refractivity contribution in [2.75, 3.05) is 39.3 Å². The van der Waals surface area contributed by atoms with Gasteiger partial charge in [-0.25, -0.2) is 0 Å². The van der Waals surface area contributed by atoms with Crippen LogP contribution >= 0.6 is 0 Å². The molecule has 0 aromatic heterocycles. The van der Waals surface area contributed by atoms with E-state index in [1.54, 1.807) is 0 Å². The molecule has 0 radical (unpaired) electrons. The molecular formula is C29H60N2O4. The second-order valence-corrected chi connectivity index (χ2v) is 9.56. The first-order valence-electron chi connectivity index (χ1n) is 14.5. The fourth-order valence-electron chi connectivity index (χ4n) is 3.55. The van der Waals surface area contributed by atoms with Gasteiger partial charge in [0.25, 0.3) is 0 Å². The van der Waals surface area contributed by atoms with Gasteiger partial charge in [-0.15, -0.1) is 0 Å². The summed E-state index contributed by atoms with van der Waals surface area (Å²) in [6.07, 6.45) is 17.0. The number of carbonyl (C=O) groups excluding carboxylic acids is 2. The van der Waals surface area contributed by atoms with Crippen LogP contribution in [-0.4, -0.2) is 51.2 Å². The molecule has 35 heavy (non-hydrogen) atoms. The monoisotopic (exact) mass is 500 g/mol. The van der Waals surface area contributed by atoms with Gasteiger partial charge >= 0.3 is 0 Å². The topological polar surface area (TPSA) is 89.1 Å². The van der Waals surface area contributed by atoms with Gasteiger partial charge in [0.15, 0.2) is 0 Å². The van der Waals surface area contributed by atoms with Crippen molar-refractivity contribution >= 4 is 11.9 Å². The van der Waals surface area contributed by atoms with Crippen LogP contribution in [0.2, 0.25) is 0 Å². The highest BCUT2D eigenvalue weighted by atomic mass is 16.4. The van der Waals surface area contributed by atoms with E-state index in [2.05, 4.69) is 41.5 Å². The lowest BCUT2D eigenvalue weighted by Crippen LogP contribution is -3.12. The normalized spacial score (nSPS) is 11.1. The number of nitrogens with one attached hydrogen (secondary N) is 2. The van der Waals surface area contributed by atoms with Crippen LogP contribution in [0.5, 0.6) is 0 Å². The van der Waals surface area contributed by atoms with Crippen molar-refractivity contribution in [3.05, 3.63) is 11.6 Å². The Hall–Kier alpha value is -1.40. The summed E-state index contributed by atoms with van der Waals surface area (Å²) in [7, 11) is 0. The van der Waals surface area contributed by atoms with Crippen LogP contribution in [0.3, 0.4) is 0 Å². The molecule has 0 aliphatic heterocycles. The summed E-state index contributed by atoms with van der Waals surface area (Å²) in [4.78, 5) is 23.1. The molecule has 0 rings (SSSR count). The molecule has 210 valence electrons. The van der Waals surface area contributed by atoms with Gasteiger partial charge in [0.2, 0.25) is 0 Å². The lowest BCUT2D eigenvalue weighted by Gasteiger charge is -2.18. The van der Waals surface area contributed by atoms with Crippen molar-refractivity contribution in [2.24, 2.45) is 0 Å². The molecule has 0 fully saturated rings. The Morgan fingerprint density at radius 3 is 0.886 bits per heavy atom. The van der Waals surface area contributed by atoms with Crippen LogP contribution in [-0.2, 0) is 9.59 Å². The summed E-state index contributed by atoms with van der Waals surface area (Å²) < 4.78 is 0. The highest BCUT2D eigenvalue weighted by Crippen LogP contribution is 1.87. The fraction of sp³-hybridized carbons (Fsp3) is 0.862. The van der Waals surface area contributed by atoms with Gasteiger partial charge in [-0.1, -0.05) is 80.1 Å². The Balaban J connectivity index is -0.000000448. The van der Waals surface area contributed by atoms with Gasteiger partial charge in [0.1, 0.15) is 0 Å². The van der Waals surface area contributed by atoms with Crippen LogP contribution in [0.1, 0.15) is 126 Å². The minimum atomic E-state index is -1.53. The quantitative estimate of drug-likeness (QED) is 0.250. The zero-order valence-electron chi connectivity index (χ0n) is 24.4. The van der Waals surface area contributed by atoms with E-state index < -0.39 is 11.9 Å². The number of unbranched alkanes of at least 4 members (excludes halogenated alkanes) is 6. The molecule has 6 heteroatoms. The van der Waals surface area contributed by atoms with E-state index >= 15 is 0 Å². The summed E-state index contributed by atoms with van der Waals surface area (Å²) in [6, 6.07) is 0. The number of carbonyl (C=O) groups is 2. The van der Waals surface area contributed by atoms with Gasteiger partial charge in [-0.05, 0) is 57.1 Å². The molecule has 0 amide bonds. The zero-order valence-corrected chi connectivity index (χ0v) is 24.4. The Morgan fingerprint density at radius 2 is 0.771 bits per heavy atom. The van der Waals surface area contributed by atoms with Crippen molar-refractivity contribution in [1.82, 2.24) is 0 Å². The first kappa shape index (κ1) is 38.1. The van der Waals surface area contributed by atoms with E-state index in [4.69, 9.17) is 0 Å². The van der Waals surface area contributed by atoms with Gasteiger partial charge in [-0.3, -0.25) is 0 Å². The van der Waals surface area contributed by atoms with Crippen LogP contribution in [0, 0.1) is 0 Å². The maximum Gasteiger partial charge on any atom is 0.0770 e. The minimum Gasteiger partial charge on any atom is -0.545 e. The third-order valence-corrected chi connectivity index (χ3v) is 5.96. The van der Waals surface area contributed by atoms with E-state index in [9.17, 15) is 19.8 Å². The third-order valence-electron chi connectivity index (χ3n) is 5.96. The molecule has 0 aromatic rings. The Bertz CT molecular complexity index is 433. The predicted octanol–water partition coefficient (Wildman–Crippen LogP) is 1.98. The van der Waals surface area contributed by atoms with Crippen molar-refractivity contribution in [1.29, 1.82) is 0 Å². The van der Waals surface area contributed by atoms with E-state index in [1.807, 2.05) is 9.80 Å². The van der Waals surface area contributed by atoms with Crippen molar-refractivity contribution in [3.8, 4) is 0 Å². The van der Waals surface area contributed by atoms with Crippen molar-refractivity contribution < 1.29 is 29.6 Å². The molecule has 6 nitrogen and oxygen atoms in total. The van der Waals surface area contributed by atoms with E-state index in [1.165, 1.54) is 116 Å². The number of carboxylic acid groups (broad SMARTS) is 2. The SMILES string of the molecule is C/C(=C\C(=O)[O-])C(=O)[O-].CCCC[NH+](CCCC)CCCC.CCCC[NH+](CCCC)CCCC. The molecule has 0 aliphatic rings. The molecule has 0 heterocycles. The number of aliphatic carboxylic acids is 2. The maximum absolute atomic E-state index is 9.76. The predicted molar refractivity (Wildman–Crippen MR) is 144 cm³/mol. The van der Waals surface area contributed by atoms with Crippen LogP contribution in [0.25, 0.3) is 0 Å². The smallest absolute Gasteiger partial charge is 0.0770 e. The minimum absolute atomic E-state index is 0.352. The molecule has 0 spiro atoms. The summed E-state index contributed by atoms with van der Waals surface area (Å²) in [5.41, 5.74) is -0.352. The molecule has 0 aliphatic carbocycles. The molecule has 0 aromatic carbocycles. The number of rotatable bonds is 20. The second-order valence-electron chi connectivity index (χ2n) is 9.56. The third kappa shape index (κ3) is 32.6.